The fraction of sp³-hybridized carbons (Fsp3) is 0.917. The predicted molar refractivity (Wildman–Crippen MR) is 133 cm³/mol. The summed E-state index contributed by atoms with van der Waals surface area (Å²) in [7, 11) is 0. The van der Waals surface area contributed by atoms with E-state index in [-0.39, 0.29) is 51.4 Å². The van der Waals surface area contributed by atoms with E-state index >= 15 is 0 Å². The molecule has 0 N–H and O–H groups in total. The van der Waals surface area contributed by atoms with Crippen LogP contribution in [0, 0.1) is 35.0 Å². The van der Waals surface area contributed by atoms with E-state index in [1.165, 1.54) is 22.6 Å². The van der Waals surface area contributed by atoms with Crippen molar-refractivity contribution in [1.29, 1.82) is 10.5 Å². The molecule has 0 saturated carbocycles. The van der Waals surface area contributed by atoms with Crippen LogP contribution in [-0.4, -0.2) is 76.5 Å². The molecule has 328 valence electrons. The quantitative estimate of drug-likeness (QED) is 0.0643. The minimum absolute atomic E-state index is 0. The molecule has 32 heteroatoms. The maximum atomic E-state index is 13.6. The van der Waals surface area contributed by atoms with Crippen molar-refractivity contribution < 1.29 is 174 Å². The molecule has 0 fully saturated rings. The molecule has 0 amide bonds. The summed E-state index contributed by atoms with van der Waals surface area (Å²) in [6.07, 6.45) is -69.1. The van der Waals surface area contributed by atoms with E-state index in [2.05, 4.69) is 0 Å². The monoisotopic (exact) mass is 1030 g/mol. The van der Waals surface area contributed by atoms with Crippen LogP contribution in [0.4, 0.5) is 123 Å². The molecular weight excluding hydrogens is 1010 g/mol. The van der Waals surface area contributed by atoms with Gasteiger partial charge in [-0.3, -0.25) is 0 Å². The van der Waals surface area contributed by atoms with Crippen LogP contribution in [0.2, 0.25) is 0 Å². The summed E-state index contributed by atoms with van der Waals surface area (Å²) >= 11 is 1.22. The zero-order valence-electron chi connectivity index (χ0n) is 26.7. The van der Waals surface area contributed by atoms with Gasteiger partial charge in [0.25, 0.3) is 22.7 Å². The van der Waals surface area contributed by atoms with Crippen molar-refractivity contribution in [3.05, 3.63) is 6.57 Å². The predicted octanol–water partition coefficient (Wildman–Crippen LogP) is 10.3. The fourth-order valence-corrected chi connectivity index (χ4v) is 5.02. The van der Waals surface area contributed by atoms with Crippen LogP contribution in [0.15, 0.2) is 0 Å². The van der Waals surface area contributed by atoms with Gasteiger partial charge in [0.2, 0.25) is 0 Å². The van der Waals surface area contributed by atoms with Gasteiger partial charge in [-0.05, 0) is 29.1 Å². The topological polar surface area (TPSA) is 47.6 Å². The number of alkyl halides is 29. The molecule has 0 saturated heterocycles. The molecule has 0 rings (SSSR count). The smallest absolute Gasteiger partial charge is 0.512 e. The van der Waals surface area contributed by atoms with E-state index < -0.39 is 133 Å². The minimum Gasteiger partial charge on any atom is -0.512 e. The molecule has 0 aliphatic rings. The molecule has 0 bridgehead atoms. The van der Waals surface area contributed by atoms with Crippen molar-refractivity contribution >= 4 is 22.6 Å². The van der Waals surface area contributed by atoms with E-state index in [9.17, 15) is 123 Å². The summed E-state index contributed by atoms with van der Waals surface area (Å²) in [6, 6.07) is 1.05. The second-order valence-corrected chi connectivity index (χ2v) is 12.0. The molecule has 0 unspecified atom stereocenters. The van der Waals surface area contributed by atoms with Gasteiger partial charge in [-0.15, -0.1) is 0 Å². The third-order valence-electron chi connectivity index (χ3n) is 7.06. The average Bonchev–Trinajstić information content (AvgIpc) is 2.92. The summed E-state index contributed by atoms with van der Waals surface area (Å²) in [6.45, 7) is 4.75. The first-order valence-corrected chi connectivity index (χ1v) is 14.7. The standard InChI is InChI=1S/C12H9F14N.C11H9F14I.CN.K/c13-7(9(15,16)17,10(18,19)20)4-6(2-1-3-27)5-8(14,11(21,22)23)12(24,25)26;12-6(8(14,15)16,9(17,18)19)3-5(1-2-26)4-7(13,10(20,21)22)11(23,24)25;1-2;/h6H,1-2,4-5H2;5H,1-4H2;;/q;;-1;+1. The average molecular weight is 1030 g/mol. The normalized spacial score (nSPS) is 14.6. The molecule has 2 nitrogen and oxygen atoms in total. The summed E-state index contributed by atoms with van der Waals surface area (Å²) in [5.74, 6) is -5.92. The van der Waals surface area contributed by atoms with Gasteiger partial charge in [-0.2, -0.15) is 111 Å². The maximum absolute atomic E-state index is 13.6. The van der Waals surface area contributed by atoms with Gasteiger partial charge in [0.05, 0.1) is 6.07 Å². The summed E-state index contributed by atoms with van der Waals surface area (Å²) < 4.78 is 353. The van der Waals surface area contributed by atoms with Gasteiger partial charge in [-0.1, -0.05) is 22.6 Å². The van der Waals surface area contributed by atoms with Crippen molar-refractivity contribution in [2.45, 2.75) is 117 Å². The molecule has 0 aromatic rings. The van der Waals surface area contributed by atoms with E-state index in [1.807, 2.05) is 0 Å². The Labute approximate surface area is 351 Å². The van der Waals surface area contributed by atoms with Crippen LogP contribution in [-0.2, 0) is 0 Å². The van der Waals surface area contributed by atoms with E-state index in [4.69, 9.17) is 17.1 Å². The molecular formula is C24H18F28IKN2. The molecule has 0 heterocycles. The van der Waals surface area contributed by atoms with Gasteiger partial charge in [0.1, 0.15) is 0 Å². The number of halogens is 29. The summed E-state index contributed by atoms with van der Waals surface area (Å²) in [4.78, 5) is 0. The number of hydrogen-bond donors (Lipinski definition) is 0. The Kier molecular flexibility index (Phi) is 23.0. The van der Waals surface area contributed by atoms with Crippen LogP contribution in [0.1, 0.15) is 44.9 Å². The molecule has 0 aliphatic carbocycles. The maximum Gasteiger partial charge on any atom is 1.00 e. The summed E-state index contributed by atoms with van der Waals surface area (Å²) in [5, 5.41) is 14.5. The summed E-state index contributed by atoms with van der Waals surface area (Å²) in [5.41, 5.74) is -24.6. The van der Waals surface area contributed by atoms with E-state index in [0.29, 0.717) is 0 Å². The third-order valence-corrected chi connectivity index (χ3v) is 7.68. The largest absolute Gasteiger partial charge is 1.00 e. The third kappa shape index (κ3) is 15.1. The van der Waals surface area contributed by atoms with Crippen LogP contribution >= 0.6 is 22.6 Å². The van der Waals surface area contributed by atoms with Gasteiger partial charge in [-0.25, -0.2) is 17.6 Å². The van der Waals surface area contributed by atoms with Crippen molar-refractivity contribution in [2.24, 2.45) is 11.8 Å². The van der Waals surface area contributed by atoms with Crippen LogP contribution in [0.5, 0.6) is 0 Å². The van der Waals surface area contributed by atoms with Crippen molar-refractivity contribution in [3.63, 3.8) is 0 Å². The first kappa shape index (κ1) is 62.0. The number of hydrogen-bond acceptors (Lipinski definition) is 2. The van der Waals surface area contributed by atoms with Crippen molar-refractivity contribution in [3.8, 4) is 6.07 Å². The van der Waals surface area contributed by atoms with Gasteiger partial charge >= 0.3 is 101 Å². The first-order chi connectivity index (χ1) is 23.8. The Bertz CT molecular complexity index is 1090. The Balaban J connectivity index is -0.000000455. The Morgan fingerprint density at radius 2 is 0.536 bits per heavy atom. The molecule has 0 aliphatic heterocycles. The Hall–Kier alpha value is -0.614. The van der Waals surface area contributed by atoms with Gasteiger partial charge in [0, 0.05) is 32.1 Å². The van der Waals surface area contributed by atoms with Crippen LogP contribution in [0.25, 0.3) is 0 Å². The molecule has 0 aromatic carbocycles. The number of rotatable bonds is 12. The Morgan fingerprint density at radius 3 is 0.661 bits per heavy atom. The van der Waals surface area contributed by atoms with Crippen molar-refractivity contribution in [1.82, 2.24) is 0 Å². The zero-order chi connectivity index (χ0) is 45.5. The van der Waals surface area contributed by atoms with Crippen LogP contribution in [0.3, 0.4) is 0 Å². The van der Waals surface area contributed by atoms with E-state index in [1.54, 1.807) is 0 Å². The second-order valence-electron chi connectivity index (χ2n) is 10.9. The first-order valence-electron chi connectivity index (χ1n) is 13.2. The second kappa shape index (κ2) is 20.8. The number of nitriles is 1. The van der Waals surface area contributed by atoms with Gasteiger partial charge < -0.3 is 11.8 Å². The van der Waals surface area contributed by atoms with E-state index in [0.717, 1.165) is 6.07 Å². The Morgan fingerprint density at radius 1 is 0.375 bits per heavy atom. The molecule has 56 heavy (non-hydrogen) atoms. The van der Waals surface area contributed by atoms with Gasteiger partial charge in [0.15, 0.2) is 0 Å². The molecule has 0 radical (unpaired) electrons. The fourth-order valence-electron chi connectivity index (χ4n) is 4.14. The molecule has 0 aromatic heterocycles. The molecule has 0 atom stereocenters. The SMILES string of the molecule is FC(F)(F)C(F)(CC(CCI)CC(F)(C(F)(F)F)C(F)(F)F)C(F)(F)F.N#CCCC(CC(F)(C(F)(F)F)C(F)(F)F)CC(F)(C(F)(F)F)C(F)(F)F.[C-]#N.[K+]. The zero-order valence-corrected chi connectivity index (χ0v) is 31.9. The van der Waals surface area contributed by atoms with Crippen molar-refractivity contribution in [2.75, 3.05) is 4.43 Å². The van der Waals surface area contributed by atoms with Crippen LogP contribution < -0.4 is 51.4 Å². The molecule has 0 spiro atoms. The number of nitrogens with zero attached hydrogens (tertiary/aromatic N) is 2. The minimum atomic E-state index is -6.76.